The Bertz CT molecular complexity index is 734. The lowest BCUT2D eigenvalue weighted by Crippen LogP contribution is -2.41. The SMILES string of the molecule is CC(CF)CC(O)(Cc1cc2cc(N3CCOCC3)ncc2[nH]1)C(F)F. The molecule has 1 aliphatic heterocycles. The van der Waals surface area contributed by atoms with E-state index in [4.69, 9.17) is 4.74 Å². The summed E-state index contributed by atoms with van der Waals surface area (Å²) in [5.74, 6) is 0.175. The number of halogens is 3. The van der Waals surface area contributed by atoms with Crippen LogP contribution in [0.5, 0.6) is 0 Å². The molecule has 1 saturated heterocycles. The number of aromatic nitrogens is 2. The number of ether oxygens (including phenoxy) is 1. The Morgan fingerprint density at radius 1 is 1.35 bits per heavy atom. The zero-order valence-electron chi connectivity index (χ0n) is 14.7. The van der Waals surface area contributed by atoms with Crippen LogP contribution in [-0.4, -0.2) is 60.1 Å². The molecule has 2 N–H and O–H groups in total. The van der Waals surface area contributed by atoms with E-state index in [1.54, 1.807) is 12.3 Å². The number of aliphatic hydroxyl groups is 1. The van der Waals surface area contributed by atoms with Gasteiger partial charge in [0, 0.05) is 30.6 Å². The Labute approximate surface area is 150 Å². The second kappa shape index (κ2) is 7.84. The highest BCUT2D eigenvalue weighted by molar-refractivity contribution is 5.82. The van der Waals surface area contributed by atoms with Crippen molar-refractivity contribution in [3.05, 3.63) is 24.0 Å². The topological polar surface area (TPSA) is 61.4 Å². The minimum Gasteiger partial charge on any atom is -0.384 e. The van der Waals surface area contributed by atoms with Crippen molar-refractivity contribution >= 4 is 16.7 Å². The van der Waals surface area contributed by atoms with Crippen molar-refractivity contribution in [1.82, 2.24) is 9.97 Å². The molecule has 0 bridgehead atoms. The third-order valence-electron chi connectivity index (χ3n) is 4.75. The number of aromatic amines is 1. The summed E-state index contributed by atoms with van der Waals surface area (Å²) in [4.78, 5) is 9.56. The predicted octanol–water partition coefficient (Wildman–Crippen LogP) is 2.93. The number of anilines is 1. The number of pyridine rings is 1. The molecule has 3 heterocycles. The number of H-pyrrole nitrogens is 1. The van der Waals surface area contributed by atoms with Crippen LogP contribution in [0.2, 0.25) is 0 Å². The summed E-state index contributed by atoms with van der Waals surface area (Å²) in [6, 6.07) is 3.64. The summed E-state index contributed by atoms with van der Waals surface area (Å²) in [5.41, 5.74) is -1.06. The van der Waals surface area contributed by atoms with Crippen LogP contribution in [0.25, 0.3) is 10.9 Å². The summed E-state index contributed by atoms with van der Waals surface area (Å²) in [5, 5.41) is 11.2. The van der Waals surface area contributed by atoms with Gasteiger partial charge in [0.15, 0.2) is 0 Å². The number of alkyl halides is 3. The van der Waals surface area contributed by atoms with Gasteiger partial charge in [-0.3, -0.25) is 4.39 Å². The van der Waals surface area contributed by atoms with Gasteiger partial charge in [0.2, 0.25) is 0 Å². The standard InChI is InChI=1S/C18H24F3N3O2/c1-12(10-19)8-18(25,17(20)21)9-14-6-13-7-16(22-11-15(13)23-14)24-2-4-26-5-3-24/h6-7,11-12,17,23,25H,2-5,8-10H2,1H3. The number of hydrogen-bond donors (Lipinski definition) is 2. The quantitative estimate of drug-likeness (QED) is 0.786. The molecule has 0 aliphatic carbocycles. The largest absolute Gasteiger partial charge is 0.384 e. The third kappa shape index (κ3) is 4.12. The van der Waals surface area contributed by atoms with E-state index in [2.05, 4.69) is 14.9 Å². The first-order valence-corrected chi connectivity index (χ1v) is 8.78. The van der Waals surface area contributed by atoms with Gasteiger partial charge in [0.25, 0.3) is 6.43 Å². The monoisotopic (exact) mass is 371 g/mol. The second-order valence-electron chi connectivity index (χ2n) is 7.07. The summed E-state index contributed by atoms with van der Waals surface area (Å²) < 4.78 is 44.9. The van der Waals surface area contributed by atoms with E-state index < -0.39 is 24.6 Å². The molecule has 0 aromatic carbocycles. The van der Waals surface area contributed by atoms with Crippen LogP contribution in [0, 0.1) is 5.92 Å². The molecule has 5 nitrogen and oxygen atoms in total. The van der Waals surface area contributed by atoms with Gasteiger partial charge in [-0.1, -0.05) is 6.92 Å². The third-order valence-corrected chi connectivity index (χ3v) is 4.75. The zero-order valence-corrected chi connectivity index (χ0v) is 14.7. The van der Waals surface area contributed by atoms with Crippen molar-refractivity contribution in [3.8, 4) is 0 Å². The highest BCUT2D eigenvalue weighted by atomic mass is 19.3. The van der Waals surface area contributed by atoms with Gasteiger partial charge in [-0.05, 0) is 24.5 Å². The Balaban J connectivity index is 1.81. The smallest absolute Gasteiger partial charge is 0.267 e. The molecule has 8 heteroatoms. The first-order chi connectivity index (χ1) is 12.4. The number of nitrogens with one attached hydrogen (secondary N) is 1. The van der Waals surface area contributed by atoms with E-state index in [9.17, 15) is 18.3 Å². The van der Waals surface area contributed by atoms with Crippen molar-refractivity contribution in [2.45, 2.75) is 31.8 Å². The lowest BCUT2D eigenvalue weighted by Gasteiger charge is -2.28. The number of morpholine rings is 1. The van der Waals surface area contributed by atoms with Gasteiger partial charge in [-0.25, -0.2) is 13.8 Å². The van der Waals surface area contributed by atoms with E-state index in [1.165, 1.54) is 6.92 Å². The minimum atomic E-state index is -2.95. The Morgan fingerprint density at radius 2 is 2.08 bits per heavy atom. The van der Waals surface area contributed by atoms with Crippen molar-refractivity contribution in [2.24, 2.45) is 5.92 Å². The van der Waals surface area contributed by atoms with Gasteiger partial charge in [0.05, 0.1) is 31.6 Å². The maximum Gasteiger partial charge on any atom is 0.267 e. The predicted molar refractivity (Wildman–Crippen MR) is 93.5 cm³/mol. The van der Waals surface area contributed by atoms with Gasteiger partial charge in [-0.2, -0.15) is 0 Å². The molecule has 144 valence electrons. The molecule has 0 radical (unpaired) electrons. The minimum absolute atomic E-state index is 0.267. The molecule has 0 saturated carbocycles. The average molecular weight is 371 g/mol. The fourth-order valence-corrected chi connectivity index (χ4v) is 3.37. The highest BCUT2D eigenvalue weighted by Crippen LogP contribution is 2.30. The molecule has 0 spiro atoms. The number of fused-ring (bicyclic) bond motifs is 1. The van der Waals surface area contributed by atoms with Gasteiger partial charge in [0.1, 0.15) is 11.4 Å². The molecule has 26 heavy (non-hydrogen) atoms. The lowest BCUT2D eigenvalue weighted by atomic mass is 9.88. The molecule has 3 rings (SSSR count). The van der Waals surface area contributed by atoms with Crippen LogP contribution in [0.1, 0.15) is 19.0 Å². The summed E-state index contributed by atoms with van der Waals surface area (Å²) in [6.45, 7) is 3.56. The normalized spacial score (nSPS) is 19.1. The van der Waals surface area contributed by atoms with Crippen molar-refractivity contribution < 1.29 is 23.0 Å². The Morgan fingerprint density at radius 3 is 2.73 bits per heavy atom. The molecular formula is C18H24F3N3O2. The number of nitrogens with zero attached hydrogens (tertiary/aromatic N) is 2. The summed E-state index contributed by atoms with van der Waals surface area (Å²) in [7, 11) is 0. The van der Waals surface area contributed by atoms with E-state index in [-0.39, 0.29) is 12.8 Å². The van der Waals surface area contributed by atoms with Gasteiger partial charge >= 0.3 is 0 Å². The summed E-state index contributed by atoms with van der Waals surface area (Å²) in [6.07, 6.45) is -1.86. The van der Waals surface area contributed by atoms with E-state index in [1.807, 2.05) is 6.07 Å². The highest BCUT2D eigenvalue weighted by Gasteiger charge is 2.39. The maximum atomic E-state index is 13.4. The summed E-state index contributed by atoms with van der Waals surface area (Å²) >= 11 is 0. The maximum absolute atomic E-state index is 13.4. The fraction of sp³-hybridized carbons (Fsp3) is 0.611. The first-order valence-electron chi connectivity index (χ1n) is 8.78. The number of rotatable bonds is 7. The van der Waals surface area contributed by atoms with E-state index >= 15 is 0 Å². The van der Waals surface area contributed by atoms with Crippen LogP contribution in [0.3, 0.4) is 0 Å². The second-order valence-corrected chi connectivity index (χ2v) is 7.07. The Kier molecular flexibility index (Phi) is 5.72. The lowest BCUT2D eigenvalue weighted by molar-refractivity contribution is -0.109. The van der Waals surface area contributed by atoms with E-state index in [0.717, 1.165) is 24.3 Å². The van der Waals surface area contributed by atoms with Crippen LogP contribution in [0.4, 0.5) is 19.0 Å². The molecule has 2 aromatic rings. The van der Waals surface area contributed by atoms with Crippen LogP contribution in [-0.2, 0) is 11.2 Å². The van der Waals surface area contributed by atoms with Crippen LogP contribution < -0.4 is 4.90 Å². The van der Waals surface area contributed by atoms with Crippen molar-refractivity contribution in [3.63, 3.8) is 0 Å². The molecular weight excluding hydrogens is 347 g/mol. The van der Waals surface area contributed by atoms with Crippen LogP contribution in [0.15, 0.2) is 18.3 Å². The molecule has 2 aromatic heterocycles. The van der Waals surface area contributed by atoms with E-state index in [0.29, 0.717) is 24.4 Å². The van der Waals surface area contributed by atoms with Gasteiger partial charge in [-0.15, -0.1) is 0 Å². The first kappa shape index (κ1) is 19.0. The molecule has 0 amide bonds. The van der Waals surface area contributed by atoms with Crippen molar-refractivity contribution in [2.75, 3.05) is 37.9 Å². The van der Waals surface area contributed by atoms with Crippen molar-refractivity contribution in [1.29, 1.82) is 0 Å². The van der Waals surface area contributed by atoms with Gasteiger partial charge < -0.3 is 19.7 Å². The zero-order chi connectivity index (χ0) is 18.7. The van der Waals surface area contributed by atoms with Crippen LogP contribution >= 0.6 is 0 Å². The molecule has 1 fully saturated rings. The number of hydrogen-bond acceptors (Lipinski definition) is 4. The Hall–Kier alpha value is -1.80. The molecule has 2 unspecified atom stereocenters. The molecule has 1 aliphatic rings. The average Bonchev–Trinajstić information content (AvgIpc) is 3.03. The molecule has 2 atom stereocenters. The fourth-order valence-electron chi connectivity index (χ4n) is 3.37.